The molecule has 0 unspecified atom stereocenters. The minimum atomic E-state index is -3.56. The van der Waals surface area contributed by atoms with E-state index in [1.807, 2.05) is 0 Å². The Bertz CT molecular complexity index is 508. The van der Waals surface area contributed by atoms with Gasteiger partial charge in [-0.2, -0.15) is 12.7 Å². The van der Waals surface area contributed by atoms with Gasteiger partial charge in [-0.05, 0) is 38.1 Å². The van der Waals surface area contributed by atoms with Crippen LogP contribution in [0.4, 0.5) is 5.69 Å². The van der Waals surface area contributed by atoms with Crippen LogP contribution < -0.4 is 10.0 Å². The first-order valence-corrected chi connectivity index (χ1v) is 8.48. The van der Waals surface area contributed by atoms with E-state index in [-0.39, 0.29) is 0 Å². The second-order valence-electron chi connectivity index (χ2n) is 4.51. The van der Waals surface area contributed by atoms with E-state index in [9.17, 15) is 8.42 Å². The van der Waals surface area contributed by atoms with Gasteiger partial charge in [0.25, 0.3) is 0 Å². The Morgan fingerprint density at radius 2 is 1.95 bits per heavy atom. The van der Waals surface area contributed by atoms with Crippen molar-refractivity contribution in [3.05, 3.63) is 29.3 Å². The van der Waals surface area contributed by atoms with Crippen LogP contribution >= 0.6 is 11.6 Å². The molecule has 0 aromatic heterocycles. The summed E-state index contributed by atoms with van der Waals surface area (Å²) in [6.45, 7) is 4.31. The number of rotatable bonds is 9. The maximum Gasteiger partial charge on any atom is 0.301 e. The quantitative estimate of drug-likeness (QED) is 0.687. The van der Waals surface area contributed by atoms with E-state index < -0.39 is 10.2 Å². The van der Waals surface area contributed by atoms with Crippen LogP contribution in [0.3, 0.4) is 0 Å². The summed E-state index contributed by atoms with van der Waals surface area (Å²) >= 11 is 5.94. The average Bonchev–Trinajstić information content (AvgIpc) is 2.40. The number of anilines is 1. The molecule has 0 heterocycles. The minimum absolute atomic E-state index is 0.383. The fourth-order valence-corrected chi connectivity index (χ4v) is 2.83. The van der Waals surface area contributed by atoms with Crippen molar-refractivity contribution in [3.8, 4) is 0 Å². The van der Waals surface area contributed by atoms with E-state index in [2.05, 4.69) is 17.0 Å². The molecule has 2 N–H and O–H groups in total. The minimum Gasteiger partial charge on any atom is -0.317 e. The number of nitrogens with one attached hydrogen (secondary N) is 2. The Hall–Kier alpha value is -0.820. The molecule has 0 aliphatic heterocycles. The maximum absolute atomic E-state index is 12.1. The standard InChI is InChI=1S/C13H22ClN3O2S/c1-3-9-15-10-6-11-17(2)20(18,19)16-13-8-5-4-7-12(13)14/h4-5,7-8,15-16H,3,6,9-11H2,1-2H3. The van der Waals surface area contributed by atoms with Gasteiger partial charge in [-0.3, -0.25) is 4.72 Å². The number of para-hydroxylation sites is 1. The van der Waals surface area contributed by atoms with Crippen molar-refractivity contribution in [2.75, 3.05) is 31.4 Å². The van der Waals surface area contributed by atoms with Crippen LogP contribution in [-0.4, -0.2) is 39.4 Å². The molecule has 1 aromatic carbocycles. The second kappa shape index (κ2) is 8.46. The molecular weight excluding hydrogens is 298 g/mol. The van der Waals surface area contributed by atoms with Crippen LogP contribution in [0, 0.1) is 0 Å². The van der Waals surface area contributed by atoms with E-state index in [4.69, 9.17) is 11.6 Å². The van der Waals surface area contributed by atoms with Crippen LogP contribution in [0.15, 0.2) is 24.3 Å². The van der Waals surface area contributed by atoms with Crippen LogP contribution in [0.1, 0.15) is 19.8 Å². The van der Waals surface area contributed by atoms with Crippen LogP contribution in [0.25, 0.3) is 0 Å². The first-order valence-electron chi connectivity index (χ1n) is 6.66. The van der Waals surface area contributed by atoms with Crippen LogP contribution in [0.2, 0.25) is 5.02 Å². The molecule has 1 aromatic rings. The van der Waals surface area contributed by atoms with Gasteiger partial charge in [0.15, 0.2) is 0 Å². The van der Waals surface area contributed by atoms with Crippen molar-refractivity contribution < 1.29 is 8.42 Å². The molecule has 5 nitrogen and oxygen atoms in total. The van der Waals surface area contributed by atoms with Gasteiger partial charge in [-0.1, -0.05) is 30.7 Å². The third kappa shape index (κ3) is 5.66. The first-order chi connectivity index (χ1) is 9.47. The normalized spacial score (nSPS) is 11.8. The predicted octanol–water partition coefficient (Wildman–Crippen LogP) is 2.32. The lowest BCUT2D eigenvalue weighted by Crippen LogP contribution is -2.34. The summed E-state index contributed by atoms with van der Waals surface area (Å²) < 4.78 is 28.0. The Balaban J connectivity index is 2.49. The zero-order valence-electron chi connectivity index (χ0n) is 11.9. The van der Waals surface area contributed by atoms with Gasteiger partial charge in [-0.15, -0.1) is 0 Å². The zero-order chi connectivity index (χ0) is 15.0. The summed E-state index contributed by atoms with van der Waals surface area (Å²) in [6, 6.07) is 6.77. The SMILES string of the molecule is CCCNCCCN(C)S(=O)(=O)Nc1ccccc1Cl. The molecule has 0 amide bonds. The predicted molar refractivity (Wildman–Crippen MR) is 84.4 cm³/mol. The van der Waals surface area contributed by atoms with Gasteiger partial charge in [0.1, 0.15) is 0 Å². The Kier molecular flexibility index (Phi) is 7.29. The van der Waals surface area contributed by atoms with Crippen molar-refractivity contribution in [3.63, 3.8) is 0 Å². The molecule has 20 heavy (non-hydrogen) atoms. The van der Waals surface area contributed by atoms with E-state index in [0.29, 0.717) is 17.3 Å². The third-order valence-corrected chi connectivity index (χ3v) is 4.59. The zero-order valence-corrected chi connectivity index (χ0v) is 13.5. The highest BCUT2D eigenvalue weighted by Gasteiger charge is 2.17. The van der Waals surface area contributed by atoms with Crippen molar-refractivity contribution in [2.45, 2.75) is 19.8 Å². The monoisotopic (exact) mass is 319 g/mol. The fraction of sp³-hybridized carbons (Fsp3) is 0.538. The molecule has 7 heteroatoms. The van der Waals surface area contributed by atoms with E-state index in [1.165, 1.54) is 4.31 Å². The van der Waals surface area contributed by atoms with Gasteiger partial charge < -0.3 is 5.32 Å². The highest BCUT2D eigenvalue weighted by molar-refractivity contribution is 7.90. The number of hydrogen-bond donors (Lipinski definition) is 2. The van der Waals surface area contributed by atoms with Gasteiger partial charge >= 0.3 is 10.2 Å². The van der Waals surface area contributed by atoms with Gasteiger partial charge in [0.2, 0.25) is 0 Å². The fourth-order valence-electron chi connectivity index (χ4n) is 1.61. The molecular formula is C13H22ClN3O2S. The average molecular weight is 320 g/mol. The molecule has 0 saturated carbocycles. The van der Waals surface area contributed by atoms with Gasteiger partial charge in [0, 0.05) is 13.6 Å². The lowest BCUT2D eigenvalue weighted by molar-refractivity contribution is 0.458. The Labute approximate surface area is 126 Å². The molecule has 114 valence electrons. The maximum atomic E-state index is 12.1. The Morgan fingerprint density at radius 1 is 1.25 bits per heavy atom. The molecule has 0 aliphatic rings. The van der Waals surface area contributed by atoms with Crippen molar-refractivity contribution in [1.82, 2.24) is 9.62 Å². The lowest BCUT2D eigenvalue weighted by Gasteiger charge is -2.18. The van der Waals surface area contributed by atoms with Crippen molar-refractivity contribution in [1.29, 1.82) is 0 Å². The molecule has 1 rings (SSSR count). The summed E-state index contributed by atoms with van der Waals surface area (Å²) in [4.78, 5) is 0. The van der Waals surface area contributed by atoms with Gasteiger partial charge in [0.05, 0.1) is 10.7 Å². The summed E-state index contributed by atoms with van der Waals surface area (Å²) in [5.41, 5.74) is 0.394. The van der Waals surface area contributed by atoms with Gasteiger partial charge in [-0.25, -0.2) is 0 Å². The summed E-state index contributed by atoms with van der Waals surface area (Å²) in [5.74, 6) is 0. The summed E-state index contributed by atoms with van der Waals surface area (Å²) in [7, 11) is -2.00. The summed E-state index contributed by atoms with van der Waals surface area (Å²) in [5, 5.41) is 3.62. The molecule has 0 atom stereocenters. The number of nitrogens with zero attached hydrogens (tertiary/aromatic N) is 1. The summed E-state index contributed by atoms with van der Waals surface area (Å²) in [6.07, 6.45) is 1.84. The lowest BCUT2D eigenvalue weighted by atomic mass is 10.3. The van der Waals surface area contributed by atoms with E-state index in [1.54, 1.807) is 31.3 Å². The van der Waals surface area contributed by atoms with Crippen LogP contribution in [0.5, 0.6) is 0 Å². The van der Waals surface area contributed by atoms with E-state index >= 15 is 0 Å². The van der Waals surface area contributed by atoms with E-state index in [0.717, 1.165) is 25.9 Å². The largest absolute Gasteiger partial charge is 0.317 e. The van der Waals surface area contributed by atoms with Crippen molar-refractivity contribution >= 4 is 27.5 Å². The van der Waals surface area contributed by atoms with Crippen LogP contribution in [-0.2, 0) is 10.2 Å². The number of hydrogen-bond acceptors (Lipinski definition) is 3. The third-order valence-electron chi connectivity index (χ3n) is 2.78. The molecule has 0 aliphatic carbocycles. The highest BCUT2D eigenvalue weighted by Crippen LogP contribution is 2.22. The smallest absolute Gasteiger partial charge is 0.301 e. The number of benzene rings is 1. The molecule has 0 saturated heterocycles. The Morgan fingerprint density at radius 3 is 2.60 bits per heavy atom. The molecule has 0 fully saturated rings. The molecule has 0 radical (unpaired) electrons. The van der Waals surface area contributed by atoms with Crippen molar-refractivity contribution in [2.24, 2.45) is 0 Å². The topological polar surface area (TPSA) is 61.4 Å². The molecule has 0 bridgehead atoms. The highest BCUT2D eigenvalue weighted by atomic mass is 35.5. The molecule has 0 spiro atoms. The first kappa shape index (κ1) is 17.2. The second-order valence-corrected chi connectivity index (χ2v) is 6.70. The number of halogens is 1.